The lowest BCUT2D eigenvalue weighted by molar-refractivity contribution is -0.107. The predicted octanol–water partition coefficient (Wildman–Crippen LogP) is 1.75. The van der Waals surface area contributed by atoms with Crippen LogP contribution in [0.3, 0.4) is 0 Å². The highest BCUT2D eigenvalue weighted by Crippen LogP contribution is 2.29. The third-order valence-corrected chi connectivity index (χ3v) is 2.29. The summed E-state index contributed by atoms with van der Waals surface area (Å²) in [6, 6.07) is 6.01. The van der Waals surface area contributed by atoms with Gasteiger partial charge in [-0.2, -0.15) is 0 Å². The van der Waals surface area contributed by atoms with Crippen molar-refractivity contribution in [3.8, 4) is 5.75 Å². The van der Waals surface area contributed by atoms with Gasteiger partial charge in [-0.25, -0.2) is 0 Å². The second kappa shape index (κ2) is 3.21. The molecular weight excluding hydrogens is 164 g/mol. The summed E-state index contributed by atoms with van der Waals surface area (Å²) in [5, 5.41) is 0. The Hall–Kier alpha value is -1.31. The van der Waals surface area contributed by atoms with Crippen molar-refractivity contribution < 1.29 is 9.53 Å². The molecule has 2 nitrogen and oxygen atoms in total. The Morgan fingerprint density at radius 2 is 2.46 bits per heavy atom. The van der Waals surface area contributed by atoms with E-state index in [9.17, 15) is 4.79 Å². The third-order valence-electron chi connectivity index (χ3n) is 2.29. The van der Waals surface area contributed by atoms with Crippen LogP contribution >= 0.6 is 0 Å². The van der Waals surface area contributed by atoms with Crippen LogP contribution in [0.25, 0.3) is 0 Å². The molecule has 0 saturated carbocycles. The van der Waals surface area contributed by atoms with Crippen LogP contribution in [0.5, 0.6) is 5.75 Å². The molecule has 1 heterocycles. The van der Waals surface area contributed by atoms with E-state index in [2.05, 4.69) is 13.0 Å². The van der Waals surface area contributed by atoms with Crippen molar-refractivity contribution in [3.63, 3.8) is 0 Å². The molecule has 1 unspecified atom stereocenters. The molecule has 2 heteroatoms. The van der Waals surface area contributed by atoms with E-state index in [0.29, 0.717) is 6.42 Å². The second-order valence-electron chi connectivity index (χ2n) is 3.45. The summed E-state index contributed by atoms with van der Waals surface area (Å²) in [5.41, 5.74) is 2.28. The number of ether oxygens (including phenoxy) is 1. The van der Waals surface area contributed by atoms with Crippen molar-refractivity contribution >= 4 is 6.29 Å². The van der Waals surface area contributed by atoms with E-state index in [4.69, 9.17) is 4.74 Å². The molecule has 0 aromatic heterocycles. The predicted molar refractivity (Wildman–Crippen MR) is 50.0 cm³/mol. The lowest BCUT2D eigenvalue weighted by atomic mass is 10.1. The Morgan fingerprint density at radius 3 is 3.23 bits per heavy atom. The molecule has 0 radical (unpaired) electrons. The normalized spacial score (nSPS) is 19.3. The molecule has 1 aliphatic heterocycles. The van der Waals surface area contributed by atoms with Crippen LogP contribution < -0.4 is 4.74 Å². The molecule has 1 aromatic carbocycles. The summed E-state index contributed by atoms with van der Waals surface area (Å²) >= 11 is 0. The van der Waals surface area contributed by atoms with E-state index in [1.807, 2.05) is 12.1 Å². The maximum Gasteiger partial charge on any atom is 0.124 e. The number of hydrogen-bond acceptors (Lipinski definition) is 2. The van der Waals surface area contributed by atoms with E-state index in [1.54, 1.807) is 0 Å². The number of hydrogen-bond donors (Lipinski definition) is 0. The average molecular weight is 176 g/mol. The Morgan fingerprint density at radius 1 is 1.62 bits per heavy atom. The molecule has 13 heavy (non-hydrogen) atoms. The number of carbonyl (C=O) groups is 1. The molecule has 0 bridgehead atoms. The van der Waals surface area contributed by atoms with Crippen molar-refractivity contribution in [2.75, 3.05) is 0 Å². The van der Waals surface area contributed by atoms with Crippen molar-refractivity contribution in [2.24, 2.45) is 0 Å². The minimum Gasteiger partial charge on any atom is -0.490 e. The van der Waals surface area contributed by atoms with E-state index in [0.717, 1.165) is 24.0 Å². The van der Waals surface area contributed by atoms with Crippen molar-refractivity contribution in [1.82, 2.24) is 0 Å². The van der Waals surface area contributed by atoms with Gasteiger partial charge in [0.2, 0.25) is 0 Å². The molecule has 1 aliphatic rings. The van der Waals surface area contributed by atoms with Crippen LogP contribution in [-0.2, 0) is 17.6 Å². The summed E-state index contributed by atoms with van der Waals surface area (Å²) in [6.45, 7) is 2.05. The van der Waals surface area contributed by atoms with Gasteiger partial charge in [-0.05, 0) is 24.1 Å². The van der Waals surface area contributed by atoms with Crippen LogP contribution in [-0.4, -0.2) is 12.4 Å². The Labute approximate surface area is 77.5 Å². The first-order valence-corrected chi connectivity index (χ1v) is 4.51. The SMILES string of the molecule is CC1Cc2ccc(CC=O)cc2O1. The Balaban J connectivity index is 2.29. The molecule has 0 saturated heterocycles. The lowest BCUT2D eigenvalue weighted by Crippen LogP contribution is -2.05. The molecule has 1 atom stereocenters. The van der Waals surface area contributed by atoms with E-state index >= 15 is 0 Å². The number of fused-ring (bicyclic) bond motifs is 1. The molecule has 0 amide bonds. The molecule has 0 aliphatic carbocycles. The van der Waals surface area contributed by atoms with Crippen LogP contribution in [0.15, 0.2) is 18.2 Å². The van der Waals surface area contributed by atoms with Crippen LogP contribution in [0.2, 0.25) is 0 Å². The van der Waals surface area contributed by atoms with Gasteiger partial charge in [-0.3, -0.25) is 0 Å². The smallest absolute Gasteiger partial charge is 0.124 e. The van der Waals surface area contributed by atoms with Gasteiger partial charge < -0.3 is 9.53 Å². The zero-order valence-corrected chi connectivity index (χ0v) is 7.62. The fourth-order valence-corrected chi connectivity index (χ4v) is 1.67. The van der Waals surface area contributed by atoms with Gasteiger partial charge in [0, 0.05) is 12.8 Å². The van der Waals surface area contributed by atoms with Crippen LogP contribution in [0.1, 0.15) is 18.1 Å². The quantitative estimate of drug-likeness (QED) is 0.642. The van der Waals surface area contributed by atoms with Crippen LogP contribution in [0, 0.1) is 0 Å². The van der Waals surface area contributed by atoms with E-state index in [1.165, 1.54) is 5.56 Å². The Kier molecular flexibility index (Phi) is 2.05. The number of benzene rings is 1. The van der Waals surface area contributed by atoms with Gasteiger partial charge >= 0.3 is 0 Å². The van der Waals surface area contributed by atoms with Gasteiger partial charge in [0.1, 0.15) is 18.1 Å². The topological polar surface area (TPSA) is 26.3 Å². The fourth-order valence-electron chi connectivity index (χ4n) is 1.67. The molecule has 1 aromatic rings. The average Bonchev–Trinajstić information content (AvgIpc) is 2.44. The first kappa shape index (κ1) is 8.30. The Bertz CT molecular complexity index is 331. The van der Waals surface area contributed by atoms with Crippen molar-refractivity contribution in [1.29, 1.82) is 0 Å². The molecule has 68 valence electrons. The highest BCUT2D eigenvalue weighted by molar-refractivity contribution is 5.56. The molecule has 2 rings (SSSR count). The van der Waals surface area contributed by atoms with Crippen molar-refractivity contribution in [3.05, 3.63) is 29.3 Å². The summed E-state index contributed by atoms with van der Waals surface area (Å²) < 4.78 is 5.58. The summed E-state index contributed by atoms with van der Waals surface area (Å²) in [6.07, 6.45) is 2.66. The summed E-state index contributed by atoms with van der Waals surface area (Å²) in [4.78, 5) is 10.3. The summed E-state index contributed by atoms with van der Waals surface area (Å²) in [7, 11) is 0. The first-order chi connectivity index (χ1) is 6.29. The summed E-state index contributed by atoms with van der Waals surface area (Å²) in [5.74, 6) is 0.951. The molecule has 0 fully saturated rings. The van der Waals surface area contributed by atoms with Gasteiger partial charge in [-0.1, -0.05) is 12.1 Å². The minimum absolute atomic E-state index is 0.279. The fraction of sp³-hybridized carbons (Fsp3) is 0.364. The maximum absolute atomic E-state index is 10.3. The third kappa shape index (κ3) is 1.57. The molecular formula is C11H12O2. The standard InChI is InChI=1S/C11H12O2/c1-8-6-10-3-2-9(4-5-12)7-11(10)13-8/h2-3,5,7-8H,4,6H2,1H3. The van der Waals surface area contributed by atoms with E-state index < -0.39 is 0 Å². The maximum atomic E-state index is 10.3. The van der Waals surface area contributed by atoms with Crippen molar-refractivity contribution in [2.45, 2.75) is 25.9 Å². The number of rotatable bonds is 2. The molecule has 0 spiro atoms. The largest absolute Gasteiger partial charge is 0.490 e. The highest BCUT2D eigenvalue weighted by atomic mass is 16.5. The second-order valence-corrected chi connectivity index (χ2v) is 3.45. The van der Waals surface area contributed by atoms with Gasteiger partial charge in [0.05, 0.1) is 0 Å². The minimum atomic E-state index is 0.279. The highest BCUT2D eigenvalue weighted by Gasteiger charge is 2.18. The number of carbonyl (C=O) groups excluding carboxylic acids is 1. The zero-order valence-electron chi connectivity index (χ0n) is 7.62. The van der Waals surface area contributed by atoms with E-state index in [-0.39, 0.29) is 6.10 Å². The van der Waals surface area contributed by atoms with Gasteiger partial charge in [-0.15, -0.1) is 0 Å². The first-order valence-electron chi connectivity index (χ1n) is 4.51. The van der Waals surface area contributed by atoms with Crippen LogP contribution in [0.4, 0.5) is 0 Å². The number of aldehydes is 1. The van der Waals surface area contributed by atoms with Gasteiger partial charge in [0.15, 0.2) is 0 Å². The monoisotopic (exact) mass is 176 g/mol. The molecule has 0 N–H and O–H groups in total. The van der Waals surface area contributed by atoms with Gasteiger partial charge in [0.25, 0.3) is 0 Å². The lowest BCUT2D eigenvalue weighted by Gasteiger charge is -2.03. The zero-order chi connectivity index (χ0) is 9.26.